The van der Waals surface area contributed by atoms with Crippen molar-refractivity contribution in [1.82, 2.24) is 19.4 Å². The van der Waals surface area contributed by atoms with E-state index in [-0.39, 0.29) is 9.92 Å². The van der Waals surface area contributed by atoms with E-state index in [0.29, 0.717) is 17.2 Å². The van der Waals surface area contributed by atoms with Gasteiger partial charge in [0.1, 0.15) is 18.0 Å². The Morgan fingerprint density at radius 2 is 1.72 bits per heavy atom. The van der Waals surface area contributed by atoms with Crippen LogP contribution in [-0.4, -0.2) is 48.5 Å². The Balaban J connectivity index is 1.29. The number of nitrogens with one attached hydrogen (secondary N) is 2. The molecule has 2 aromatic heterocycles. The van der Waals surface area contributed by atoms with Crippen LogP contribution in [0.25, 0.3) is 22.2 Å². The molecule has 0 fully saturated rings. The predicted molar refractivity (Wildman–Crippen MR) is 153 cm³/mol. The minimum absolute atomic E-state index is 0.132. The number of hydrogen-bond donors (Lipinski definition) is 2. The summed E-state index contributed by atoms with van der Waals surface area (Å²) in [5.74, 6) is -0.0906. The van der Waals surface area contributed by atoms with Gasteiger partial charge < -0.3 is 14.8 Å². The minimum atomic E-state index is -3.93. The molecule has 0 saturated carbocycles. The van der Waals surface area contributed by atoms with E-state index in [2.05, 4.69) is 74.0 Å². The summed E-state index contributed by atoms with van der Waals surface area (Å²) in [6.45, 7) is 1.88. The Hall–Kier alpha value is -3.99. The molecule has 0 aliphatic carbocycles. The van der Waals surface area contributed by atoms with Crippen LogP contribution in [0, 0.1) is 5.82 Å². The molecule has 0 saturated heterocycles. The maximum absolute atomic E-state index is 13.4. The molecule has 5 rings (SSSR count). The number of likely N-dealkylation sites (N-methyl/N-ethyl adjacent to an activating group) is 1. The highest BCUT2D eigenvalue weighted by Crippen LogP contribution is 2.27. The summed E-state index contributed by atoms with van der Waals surface area (Å²) >= 11 is 5.73. The first kappa shape index (κ1) is 26.6. The van der Waals surface area contributed by atoms with Crippen molar-refractivity contribution >= 4 is 49.7 Å². The number of nitrogens with zero attached hydrogens (tertiary/aromatic N) is 4. The first-order valence-electron chi connectivity index (χ1n) is 12.1. The summed E-state index contributed by atoms with van der Waals surface area (Å²) < 4.78 is 43.4. The largest absolute Gasteiger partial charge is 0.346 e. The number of sulfonamides is 1. The second-order valence-corrected chi connectivity index (χ2v) is 11.3. The van der Waals surface area contributed by atoms with Gasteiger partial charge in [-0.05, 0) is 74.8 Å². The Morgan fingerprint density at radius 3 is 2.46 bits per heavy atom. The second-order valence-electron chi connectivity index (χ2n) is 9.26. The van der Waals surface area contributed by atoms with E-state index >= 15 is 0 Å². The van der Waals surface area contributed by atoms with Crippen molar-refractivity contribution in [1.29, 1.82) is 0 Å². The van der Waals surface area contributed by atoms with Gasteiger partial charge in [0.2, 0.25) is 0 Å². The van der Waals surface area contributed by atoms with Crippen molar-refractivity contribution in [2.45, 2.75) is 11.4 Å². The highest BCUT2D eigenvalue weighted by molar-refractivity contribution is 7.92. The van der Waals surface area contributed by atoms with Crippen LogP contribution in [0.15, 0.2) is 90.2 Å². The van der Waals surface area contributed by atoms with Crippen LogP contribution in [0.2, 0.25) is 5.02 Å². The number of halogens is 2. The van der Waals surface area contributed by atoms with Gasteiger partial charge in [-0.1, -0.05) is 17.7 Å². The molecule has 200 valence electrons. The van der Waals surface area contributed by atoms with Gasteiger partial charge in [-0.3, -0.25) is 4.72 Å². The Morgan fingerprint density at radius 1 is 0.949 bits per heavy atom. The number of anilines is 3. The van der Waals surface area contributed by atoms with E-state index in [1.165, 1.54) is 11.8 Å². The summed E-state index contributed by atoms with van der Waals surface area (Å²) in [6.07, 6.45) is 3.60. The molecule has 0 radical (unpaired) electrons. The van der Waals surface area contributed by atoms with Crippen LogP contribution in [0.5, 0.6) is 0 Å². The molecule has 0 bridgehead atoms. The van der Waals surface area contributed by atoms with Crippen molar-refractivity contribution in [2.75, 3.05) is 30.7 Å². The number of fused-ring (bicyclic) bond motifs is 1. The van der Waals surface area contributed by atoms with Crippen LogP contribution < -0.4 is 10.0 Å². The molecular weight excluding hydrogens is 539 g/mol. The summed E-state index contributed by atoms with van der Waals surface area (Å²) in [4.78, 5) is 10.8. The van der Waals surface area contributed by atoms with Crippen LogP contribution in [0.1, 0.15) is 0 Å². The van der Waals surface area contributed by atoms with Crippen molar-refractivity contribution in [3.05, 3.63) is 96.2 Å². The van der Waals surface area contributed by atoms with Gasteiger partial charge in [-0.25, -0.2) is 22.8 Å². The maximum atomic E-state index is 13.4. The zero-order chi connectivity index (χ0) is 27.6. The normalized spacial score (nSPS) is 11.7. The van der Waals surface area contributed by atoms with Crippen molar-refractivity contribution < 1.29 is 12.8 Å². The van der Waals surface area contributed by atoms with E-state index < -0.39 is 15.8 Å². The fraction of sp³-hybridized carbons (Fsp3) is 0.143. The number of rotatable bonds is 9. The van der Waals surface area contributed by atoms with Crippen molar-refractivity contribution in [3.8, 4) is 11.3 Å². The fourth-order valence-corrected chi connectivity index (χ4v) is 5.40. The van der Waals surface area contributed by atoms with Crippen LogP contribution in [0.3, 0.4) is 0 Å². The first-order chi connectivity index (χ1) is 18.7. The standard InChI is InChI=1S/C28H26ClFN6O2S/c1-35(2)13-14-36-12-11-20-15-19(3-10-27(20)36)26-17-28(32-18-31-26)33-21-4-6-22(7-5-21)34-39(37,38)23-8-9-25(30)24(29)16-23/h3-12,15-18,34H,13-14H2,1-2H3,(H,31,32,33). The highest BCUT2D eigenvalue weighted by Gasteiger charge is 2.16. The maximum Gasteiger partial charge on any atom is 0.261 e. The van der Waals surface area contributed by atoms with Gasteiger partial charge in [0.25, 0.3) is 10.0 Å². The summed E-state index contributed by atoms with van der Waals surface area (Å²) in [5, 5.41) is 4.10. The smallest absolute Gasteiger partial charge is 0.261 e. The van der Waals surface area contributed by atoms with Gasteiger partial charge in [-0.15, -0.1) is 0 Å². The molecule has 0 unspecified atom stereocenters. The Bertz CT molecular complexity index is 1740. The van der Waals surface area contributed by atoms with Gasteiger partial charge >= 0.3 is 0 Å². The molecule has 0 amide bonds. The van der Waals surface area contributed by atoms with Crippen molar-refractivity contribution in [2.24, 2.45) is 0 Å². The third kappa shape index (κ3) is 6.19. The van der Waals surface area contributed by atoms with Crippen LogP contribution in [-0.2, 0) is 16.6 Å². The average Bonchev–Trinajstić information content (AvgIpc) is 3.32. The summed E-state index contributed by atoms with van der Waals surface area (Å²) in [6, 6.07) is 20.2. The van der Waals surface area contributed by atoms with E-state index in [1.807, 2.05) is 6.07 Å². The highest BCUT2D eigenvalue weighted by atomic mass is 35.5. The van der Waals surface area contributed by atoms with E-state index in [9.17, 15) is 12.8 Å². The van der Waals surface area contributed by atoms with Crippen LogP contribution in [0.4, 0.5) is 21.6 Å². The van der Waals surface area contributed by atoms with Gasteiger partial charge in [0.15, 0.2) is 0 Å². The molecular formula is C28H26ClFN6O2S. The summed E-state index contributed by atoms with van der Waals surface area (Å²) in [5.41, 5.74) is 3.98. The quantitative estimate of drug-likeness (QED) is 0.228. The SMILES string of the molecule is CN(C)CCn1ccc2cc(-c3cc(Nc4ccc(NS(=O)(=O)c5ccc(F)c(Cl)c5)cc4)ncn3)ccc21. The fourth-order valence-electron chi connectivity index (χ4n) is 4.07. The second kappa shape index (κ2) is 11.0. The van der Waals surface area contributed by atoms with E-state index in [1.54, 1.807) is 24.3 Å². The molecule has 0 aliphatic heterocycles. The molecule has 2 heterocycles. The van der Waals surface area contributed by atoms with Gasteiger partial charge in [-0.2, -0.15) is 0 Å². The predicted octanol–water partition coefficient (Wildman–Crippen LogP) is 6.00. The van der Waals surface area contributed by atoms with E-state index in [4.69, 9.17) is 11.6 Å². The molecule has 0 atom stereocenters. The van der Waals surface area contributed by atoms with Gasteiger partial charge in [0, 0.05) is 53.2 Å². The number of aromatic nitrogens is 3. The molecule has 11 heteroatoms. The first-order valence-corrected chi connectivity index (χ1v) is 13.9. The Labute approximate surface area is 231 Å². The lowest BCUT2D eigenvalue weighted by Gasteiger charge is -2.12. The van der Waals surface area contributed by atoms with E-state index in [0.717, 1.165) is 47.9 Å². The minimum Gasteiger partial charge on any atom is -0.346 e. The number of benzene rings is 3. The molecule has 39 heavy (non-hydrogen) atoms. The van der Waals surface area contributed by atoms with Crippen molar-refractivity contribution in [3.63, 3.8) is 0 Å². The zero-order valence-corrected chi connectivity index (χ0v) is 22.8. The monoisotopic (exact) mass is 564 g/mol. The molecule has 3 aromatic carbocycles. The third-order valence-corrected chi connectivity index (χ3v) is 7.80. The lowest BCUT2D eigenvalue weighted by atomic mass is 10.1. The molecule has 0 aliphatic rings. The molecule has 8 nitrogen and oxygen atoms in total. The lowest BCUT2D eigenvalue weighted by Crippen LogP contribution is -2.17. The Kier molecular flexibility index (Phi) is 7.51. The molecule has 2 N–H and O–H groups in total. The van der Waals surface area contributed by atoms with Crippen LogP contribution >= 0.6 is 11.6 Å². The molecule has 0 spiro atoms. The zero-order valence-electron chi connectivity index (χ0n) is 21.3. The topological polar surface area (TPSA) is 92.2 Å². The van der Waals surface area contributed by atoms with Gasteiger partial charge in [0.05, 0.1) is 15.6 Å². The lowest BCUT2D eigenvalue weighted by molar-refractivity contribution is 0.387. The number of hydrogen-bond acceptors (Lipinski definition) is 6. The summed E-state index contributed by atoms with van der Waals surface area (Å²) in [7, 11) is 0.197. The third-order valence-electron chi connectivity index (χ3n) is 6.13. The average molecular weight is 565 g/mol. The molecule has 5 aromatic rings.